The summed E-state index contributed by atoms with van der Waals surface area (Å²) in [5.41, 5.74) is 0.174. The highest BCUT2D eigenvalue weighted by Crippen LogP contribution is 2.22. The van der Waals surface area contributed by atoms with Gasteiger partial charge in [-0.15, -0.1) is 11.3 Å². The molecule has 4 rings (SSSR count). The first-order chi connectivity index (χ1) is 14.8. The van der Waals surface area contributed by atoms with E-state index in [1.165, 1.54) is 17.7 Å². The molecule has 164 valence electrons. The molecule has 1 aliphatic heterocycles. The zero-order chi connectivity index (χ0) is 22.1. The Hall–Kier alpha value is -2.78. The molecule has 3 aromatic rings. The summed E-state index contributed by atoms with van der Waals surface area (Å²) in [4.78, 5) is 40.3. The summed E-state index contributed by atoms with van der Waals surface area (Å²) in [5.74, 6) is -0.0635. The third kappa shape index (κ3) is 4.47. The van der Waals surface area contributed by atoms with Gasteiger partial charge in [-0.05, 0) is 55.6 Å². The van der Waals surface area contributed by atoms with Gasteiger partial charge in [0.25, 0.3) is 11.5 Å². The molecule has 0 atom stereocenters. The molecule has 1 N–H and O–H groups in total. The number of nitrogens with one attached hydrogen (secondary N) is 1. The average Bonchev–Trinajstić information content (AvgIpc) is 3.21. The minimum Gasteiger partial charge on any atom is -0.351 e. The van der Waals surface area contributed by atoms with E-state index >= 15 is 0 Å². The van der Waals surface area contributed by atoms with Crippen LogP contribution in [0.2, 0.25) is 0 Å². The molecule has 0 radical (unpaired) electrons. The number of hydrogen-bond donors (Lipinski definition) is 1. The molecule has 0 spiro atoms. The number of aromatic nitrogens is 2. The first kappa shape index (κ1) is 21.5. The SMILES string of the molecule is Cn1c(=O)c2cc(C(=O)NCC3CCN(Cc4cccc(F)c4)CC3)sc2n(C)c1=O. The van der Waals surface area contributed by atoms with E-state index in [2.05, 4.69) is 10.2 Å². The number of carbonyl (C=O) groups excluding carboxylic acids is 1. The molecule has 31 heavy (non-hydrogen) atoms. The smallest absolute Gasteiger partial charge is 0.331 e. The second-order valence-electron chi connectivity index (χ2n) is 8.09. The normalized spacial score (nSPS) is 15.5. The van der Waals surface area contributed by atoms with Gasteiger partial charge in [-0.25, -0.2) is 9.18 Å². The molecule has 1 aliphatic rings. The van der Waals surface area contributed by atoms with Crippen LogP contribution in [0.1, 0.15) is 28.1 Å². The van der Waals surface area contributed by atoms with Crippen molar-refractivity contribution < 1.29 is 9.18 Å². The number of halogens is 1. The van der Waals surface area contributed by atoms with Crippen molar-refractivity contribution in [1.29, 1.82) is 0 Å². The van der Waals surface area contributed by atoms with Crippen LogP contribution in [0.15, 0.2) is 39.9 Å². The lowest BCUT2D eigenvalue weighted by Crippen LogP contribution is -2.38. The van der Waals surface area contributed by atoms with Gasteiger partial charge in [-0.2, -0.15) is 0 Å². The van der Waals surface area contributed by atoms with E-state index in [0.29, 0.717) is 27.6 Å². The van der Waals surface area contributed by atoms with Crippen LogP contribution >= 0.6 is 11.3 Å². The van der Waals surface area contributed by atoms with Crippen LogP contribution in [0.25, 0.3) is 10.2 Å². The monoisotopic (exact) mass is 444 g/mol. The maximum atomic E-state index is 13.4. The summed E-state index contributed by atoms with van der Waals surface area (Å²) in [6.07, 6.45) is 1.91. The van der Waals surface area contributed by atoms with E-state index in [4.69, 9.17) is 0 Å². The van der Waals surface area contributed by atoms with E-state index in [1.54, 1.807) is 25.2 Å². The molecule has 7 nitrogen and oxygen atoms in total. The Kier molecular flexibility index (Phi) is 6.06. The number of benzene rings is 1. The van der Waals surface area contributed by atoms with Gasteiger partial charge < -0.3 is 5.32 Å². The number of rotatable bonds is 5. The van der Waals surface area contributed by atoms with Gasteiger partial charge in [0.05, 0.1) is 10.3 Å². The average molecular weight is 445 g/mol. The first-order valence-corrected chi connectivity index (χ1v) is 11.1. The largest absolute Gasteiger partial charge is 0.351 e. The highest BCUT2D eigenvalue weighted by molar-refractivity contribution is 7.20. The molecule has 0 saturated carbocycles. The van der Waals surface area contributed by atoms with Gasteiger partial charge in [0.15, 0.2) is 0 Å². The number of nitrogens with zero attached hydrogens (tertiary/aromatic N) is 3. The summed E-state index contributed by atoms with van der Waals surface area (Å²) in [5, 5.41) is 3.36. The molecule has 0 aliphatic carbocycles. The maximum absolute atomic E-state index is 13.4. The fraction of sp³-hybridized carbons (Fsp3) is 0.409. The summed E-state index contributed by atoms with van der Waals surface area (Å²) >= 11 is 1.16. The second kappa shape index (κ2) is 8.76. The topological polar surface area (TPSA) is 76.3 Å². The Morgan fingerprint density at radius 3 is 2.61 bits per heavy atom. The van der Waals surface area contributed by atoms with Crippen LogP contribution in [0.4, 0.5) is 4.39 Å². The second-order valence-corrected chi connectivity index (χ2v) is 9.13. The van der Waals surface area contributed by atoms with Crippen molar-refractivity contribution in [2.45, 2.75) is 19.4 Å². The zero-order valence-corrected chi connectivity index (χ0v) is 18.4. The molecule has 3 heterocycles. The standard InChI is InChI=1S/C22H25FN4O3S/c1-25-20(29)17-11-18(31-21(17)26(2)22(25)30)19(28)24-12-14-6-8-27(9-7-14)13-15-4-3-5-16(23)10-15/h3-5,10-11,14H,6-9,12-13H2,1-2H3,(H,24,28). The van der Waals surface area contributed by atoms with Gasteiger partial charge in [0.1, 0.15) is 10.6 Å². The molecule has 2 aromatic heterocycles. The van der Waals surface area contributed by atoms with Crippen molar-refractivity contribution in [1.82, 2.24) is 19.4 Å². The Bertz CT molecular complexity index is 1240. The molecule has 1 fully saturated rings. The molecule has 1 aromatic carbocycles. The number of thiophene rings is 1. The summed E-state index contributed by atoms with van der Waals surface area (Å²) in [6.45, 7) is 3.10. The van der Waals surface area contributed by atoms with Crippen molar-refractivity contribution in [3.8, 4) is 0 Å². The van der Waals surface area contributed by atoms with Crippen molar-refractivity contribution in [3.05, 3.63) is 67.4 Å². The first-order valence-electron chi connectivity index (χ1n) is 10.3. The highest BCUT2D eigenvalue weighted by atomic mass is 32.1. The van der Waals surface area contributed by atoms with Crippen LogP contribution in [0, 0.1) is 11.7 Å². The minimum atomic E-state index is -0.406. The maximum Gasteiger partial charge on any atom is 0.331 e. The van der Waals surface area contributed by atoms with Gasteiger partial charge in [0.2, 0.25) is 0 Å². The molecule has 0 unspecified atom stereocenters. The highest BCUT2D eigenvalue weighted by Gasteiger charge is 2.21. The molecule has 1 amide bonds. The van der Waals surface area contributed by atoms with E-state index in [9.17, 15) is 18.8 Å². The number of amides is 1. The van der Waals surface area contributed by atoms with Crippen LogP contribution in [-0.4, -0.2) is 39.6 Å². The Morgan fingerprint density at radius 2 is 1.90 bits per heavy atom. The van der Waals surface area contributed by atoms with Crippen molar-refractivity contribution >= 4 is 27.5 Å². The summed E-state index contributed by atoms with van der Waals surface area (Å²) < 4.78 is 15.8. The zero-order valence-electron chi connectivity index (χ0n) is 17.6. The van der Waals surface area contributed by atoms with Crippen molar-refractivity contribution in [2.24, 2.45) is 20.0 Å². The van der Waals surface area contributed by atoms with Gasteiger partial charge in [-0.3, -0.25) is 23.6 Å². The molecule has 1 saturated heterocycles. The molecule has 9 heteroatoms. The van der Waals surface area contributed by atoms with Crippen LogP contribution < -0.4 is 16.6 Å². The molecule has 0 bridgehead atoms. The third-order valence-electron chi connectivity index (χ3n) is 5.90. The Balaban J connectivity index is 1.34. The van der Waals surface area contributed by atoms with Crippen LogP contribution in [0.3, 0.4) is 0 Å². The number of fused-ring (bicyclic) bond motifs is 1. The van der Waals surface area contributed by atoms with E-state index in [0.717, 1.165) is 53.9 Å². The number of piperidine rings is 1. The van der Waals surface area contributed by atoms with E-state index in [-0.39, 0.29) is 17.3 Å². The number of likely N-dealkylation sites (tertiary alicyclic amines) is 1. The number of carbonyl (C=O) groups is 1. The fourth-order valence-corrected chi connectivity index (χ4v) is 5.06. The van der Waals surface area contributed by atoms with Crippen molar-refractivity contribution in [2.75, 3.05) is 19.6 Å². The van der Waals surface area contributed by atoms with Gasteiger partial charge >= 0.3 is 5.69 Å². The molecular formula is C22H25FN4O3S. The Morgan fingerprint density at radius 1 is 1.16 bits per heavy atom. The Labute approximate surface area is 182 Å². The minimum absolute atomic E-state index is 0.214. The number of aryl methyl sites for hydroxylation is 1. The lowest BCUT2D eigenvalue weighted by Gasteiger charge is -2.32. The lowest BCUT2D eigenvalue weighted by atomic mass is 9.96. The predicted octanol–water partition coefficient (Wildman–Crippen LogP) is 2.08. The van der Waals surface area contributed by atoms with Crippen LogP contribution in [-0.2, 0) is 20.6 Å². The van der Waals surface area contributed by atoms with Gasteiger partial charge in [0, 0.05) is 27.2 Å². The summed E-state index contributed by atoms with van der Waals surface area (Å²) in [7, 11) is 3.03. The van der Waals surface area contributed by atoms with Crippen LogP contribution in [0.5, 0.6) is 0 Å². The fourth-order valence-electron chi connectivity index (χ4n) is 4.04. The quantitative estimate of drug-likeness (QED) is 0.654. The van der Waals surface area contributed by atoms with E-state index in [1.807, 2.05) is 6.07 Å². The number of hydrogen-bond acceptors (Lipinski definition) is 5. The van der Waals surface area contributed by atoms with Crippen molar-refractivity contribution in [3.63, 3.8) is 0 Å². The summed E-state index contributed by atoms with van der Waals surface area (Å²) in [6, 6.07) is 8.25. The van der Waals surface area contributed by atoms with E-state index < -0.39 is 5.69 Å². The predicted molar refractivity (Wildman–Crippen MR) is 119 cm³/mol. The lowest BCUT2D eigenvalue weighted by molar-refractivity contribution is 0.0939. The molecular weight excluding hydrogens is 419 g/mol. The third-order valence-corrected chi connectivity index (χ3v) is 7.11. The van der Waals surface area contributed by atoms with Gasteiger partial charge in [-0.1, -0.05) is 12.1 Å².